The number of rotatable bonds is 6. The summed E-state index contributed by atoms with van der Waals surface area (Å²) in [6.45, 7) is 5.23. The SMILES string of the molecule is CC(C)C(=O)Nc1nc2c(ncn2[C@H]2CC[C@@H](CO[P+](C)=O)O2)c(=O)[nH]1. The van der Waals surface area contributed by atoms with Gasteiger partial charge in [0.1, 0.15) is 12.8 Å². The van der Waals surface area contributed by atoms with E-state index in [0.29, 0.717) is 12.1 Å². The van der Waals surface area contributed by atoms with Gasteiger partial charge in [0.2, 0.25) is 11.9 Å². The maximum Gasteiger partial charge on any atom is 0.504 e. The Labute approximate surface area is 150 Å². The lowest BCUT2D eigenvalue weighted by Gasteiger charge is -2.14. The maximum atomic E-state index is 12.2. The molecule has 0 radical (unpaired) electrons. The van der Waals surface area contributed by atoms with Crippen LogP contribution in [0, 0.1) is 5.92 Å². The lowest BCUT2D eigenvalue weighted by atomic mass is 10.2. The summed E-state index contributed by atoms with van der Waals surface area (Å²) in [4.78, 5) is 35.0. The third-order valence-corrected chi connectivity index (χ3v) is 4.55. The lowest BCUT2D eigenvalue weighted by molar-refractivity contribution is -0.118. The highest BCUT2D eigenvalue weighted by Crippen LogP contribution is 2.31. The average Bonchev–Trinajstić information content (AvgIpc) is 3.19. The molecule has 1 amide bonds. The normalized spacial score (nSPS) is 20.7. The zero-order valence-corrected chi connectivity index (χ0v) is 15.7. The molecule has 10 nitrogen and oxygen atoms in total. The van der Waals surface area contributed by atoms with Gasteiger partial charge >= 0.3 is 8.03 Å². The molecular weight excluding hydrogens is 361 g/mol. The number of anilines is 1. The van der Waals surface area contributed by atoms with Crippen molar-refractivity contribution in [2.24, 2.45) is 5.92 Å². The largest absolute Gasteiger partial charge is 0.504 e. The molecule has 2 N–H and O–H groups in total. The van der Waals surface area contributed by atoms with Crippen LogP contribution in [0.3, 0.4) is 0 Å². The molecule has 1 saturated heterocycles. The van der Waals surface area contributed by atoms with Gasteiger partial charge in [-0.2, -0.15) is 4.98 Å². The summed E-state index contributed by atoms with van der Waals surface area (Å²) in [6, 6.07) is 0. The Bertz CT molecular complexity index is 892. The summed E-state index contributed by atoms with van der Waals surface area (Å²) in [6.07, 6.45) is 2.37. The molecule has 2 aromatic rings. The second kappa shape index (κ2) is 7.61. The number of nitrogens with zero attached hydrogens (tertiary/aromatic N) is 3. The number of amides is 1. The van der Waals surface area contributed by atoms with E-state index in [2.05, 4.69) is 20.3 Å². The molecular formula is C15H21N5O5P+. The summed E-state index contributed by atoms with van der Waals surface area (Å²) in [5.41, 5.74) is 0.0714. The second-order valence-corrected chi connectivity index (χ2v) is 7.55. The highest BCUT2D eigenvalue weighted by Gasteiger charge is 2.30. The number of carbonyl (C=O) groups excluding carboxylic acids is 1. The number of nitrogens with one attached hydrogen (secondary N) is 2. The zero-order valence-electron chi connectivity index (χ0n) is 14.8. The molecule has 1 unspecified atom stereocenters. The van der Waals surface area contributed by atoms with Gasteiger partial charge in [-0.15, -0.1) is 4.52 Å². The predicted molar refractivity (Wildman–Crippen MR) is 94.2 cm³/mol. The molecule has 0 spiro atoms. The zero-order chi connectivity index (χ0) is 18.8. The van der Waals surface area contributed by atoms with Gasteiger partial charge in [0.25, 0.3) is 5.56 Å². The number of aromatic amines is 1. The van der Waals surface area contributed by atoms with Crippen LogP contribution in [-0.4, -0.2) is 44.8 Å². The molecule has 0 bridgehead atoms. The minimum atomic E-state index is -1.67. The number of hydrogen-bond acceptors (Lipinski definition) is 7. The van der Waals surface area contributed by atoms with Gasteiger partial charge in [0, 0.05) is 5.92 Å². The molecule has 0 aliphatic carbocycles. The topological polar surface area (TPSA) is 128 Å². The van der Waals surface area contributed by atoms with Crippen molar-refractivity contribution in [1.82, 2.24) is 19.5 Å². The average molecular weight is 382 g/mol. The molecule has 1 aliphatic rings. The van der Waals surface area contributed by atoms with Gasteiger partial charge in [-0.25, -0.2) is 4.98 Å². The first kappa shape index (κ1) is 18.6. The quantitative estimate of drug-likeness (QED) is 0.729. The molecule has 3 heterocycles. The van der Waals surface area contributed by atoms with E-state index < -0.39 is 13.6 Å². The first-order valence-electron chi connectivity index (χ1n) is 8.32. The first-order valence-corrected chi connectivity index (χ1v) is 9.94. The molecule has 26 heavy (non-hydrogen) atoms. The third-order valence-electron chi connectivity index (χ3n) is 4.04. The van der Waals surface area contributed by atoms with Crippen molar-refractivity contribution >= 4 is 31.0 Å². The Morgan fingerprint density at radius 1 is 1.54 bits per heavy atom. The van der Waals surface area contributed by atoms with Crippen LogP contribution in [0.2, 0.25) is 0 Å². The van der Waals surface area contributed by atoms with Gasteiger partial charge in [-0.05, 0) is 17.4 Å². The third kappa shape index (κ3) is 3.98. The smallest absolute Gasteiger partial charge is 0.352 e. The minimum absolute atomic E-state index is 0.0730. The molecule has 11 heteroatoms. The Balaban J connectivity index is 1.83. The van der Waals surface area contributed by atoms with Gasteiger partial charge in [-0.3, -0.25) is 24.5 Å². The van der Waals surface area contributed by atoms with E-state index in [0.717, 1.165) is 6.42 Å². The van der Waals surface area contributed by atoms with Crippen molar-refractivity contribution in [3.8, 4) is 0 Å². The highest BCUT2D eigenvalue weighted by atomic mass is 31.1. The van der Waals surface area contributed by atoms with Crippen molar-refractivity contribution in [1.29, 1.82) is 0 Å². The fourth-order valence-corrected chi connectivity index (χ4v) is 3.04. The second-order valence-electron chi connectivity index (χ2n) is 6.41. The molecule has 140 valence electrons. The number of carbonyl (C=O) groups is 1. The van der Waals surface area contributed by atoms with Gasteiger partial charge in [0.15, 0.2) is 17.8 Å². The van der Waals surface area contributed by atoms with Gasteiger partial charge in [0.05, 0.1) is 12.4 Å². The van der Waals surface area contributed by atoms with Gasteiger partial charge in [-0.1, -0.05) is 13.8 Å². The van der Waals surface area contributed by atoms with Crippen molar-refractivity contribution in [3.05, 3.63) is 16.7 Å². The molecule has 0 aromatic carbocycles. The van der Waals surface area contributed by atoms with E-state index in [9.17, 15) is 14.2 Å². The van der Waals surface area contributed by atoms with E-state index in [1.54, 1.807) is 18.4 Å². The Morgan fingerprint density at radius 2 is 2.31 bits per heavy atom. The number of hydrogen-bond donors (Lipinski definition) is 2. The Kier molecular flexibility index (Phi) is 5.45. The van der Waals surface area contributed by atoms with Crippen LogP contribution in [0.1, 0.15) is 32.9 Å². The van der Waals surface area contributed by atoms with Gasteiger partial charge < -0.3 is 4.74 Å². The van der Waals surface area contributed by atoms with Crippen molar-refractivity contribution in [2.75, 3.05) is 18.6 Å². The van der Waals surface area contributed by atoms with E-state index in [1.807, 2.05) is 0 Å². The molecule has 1 fully saturated rings. The van der Waals surface area contributed by atoms with Crippen LogP contribution >= 0.6 is 8.03 Å². The molecule has 3 atom stereocenters. The molecule has 3 rings (SSSR count). The molecule has 1 aliphatic heterocycles. The molecule has 2 aromatic heterocycles. The van der Waals surface area contributed by atoms with E-state index in [4.69, 9.17) is 9.26 Å². The monoisotopic (exact) mass is 382 g/mol. The fourth-order valence-electron chi connectivity index (χ4n) is 2.66. The predicted octanol–water partition coefficient (Wildman–Crippen LogP) is 1.78. The standard InChI is InChI=1S/C15H20N5O5P/c1-8(2)13(21)18-15-17-12-11(14(22)19-15)16-7-20(12)10-5-4-9(25-10)6-24-26(3)23/h7-10H,4-6H2,1-3H3,(H-,17,18,19,21,22)/p+1/t9-,10+/m0/s1. The fraction of sp³-hybridized carbons (Fsp3) is 0.600. The van der Waals surface area contributed by atoms with Crippen LogP contribution < -0.4 is 10.9 Å². The van der Waals surface area contributed by atoms with Crippen LogP contribution in [0.4, 0.5) is 5.95 Å². The van der Waals surface area contributed by atoms with Crippen molar-refractivity contribution in [3.63, 3.8) is 0 Å². The van der Waals surface area contributed by atoms with Crippen LogP contribution in [0.25, 0.3) is 11.2 Å². The number of H-pyrrole nitrogens is 1. The van der Waals surface area contributed by atoms with E-state index in [1.165, 1.54) is 13.0 Å². The van der Waals surface area contributed by atoms with Crippen LogP contribution in [0.15, 0.2) is 11.1 Å². The van der Waals surface area contributed by atoms with E-state index >= 15 is 0 Å². The molecule has 0 saturated carbocycles. The summed E-state index contributed by atoms with van der Waals surface area (Å²) >= 11 is 0. The summed E-state index contributed by atoms with van der Waals surface area (Å²) in [5.74, 6) is -0.421. The van der Waals surface area contributed by atoms with Crippen LogP contribution in [-0.2, 0) is 18.6 Å². The summed E-state index contributed by atoms with van der Waals surface area (Å²) in [7, 11) is -1.67. The van der Waals surface area contributed by atoms with E-state index in [-0.39, 0.29) is 42.2 Å². The Hall–Kier alpha value is -2.16. The number of fused-ring (bicyclic) bond motifs is 1. The minimum Gasteiger partial charge on any atom is -0.352 e. The van der Waals surface area contributed by atoms with Crippen molar-refractivity contribution < 1.29 is 18.6 Å². The number of aromatic nitrogens is 4. The number of imidazole rings is 1. The highest BCUT2D eigenvalue weighted by molar-refractivity contribution is 7.38. The number of ether oxygens (including phenoxy) is 1. The summed E-state index contributed by atoms with van der Waals surface area (Å²) in [5, 5.41) is 2.58. The first-order chi connectivity index (χ1) is 12.3. The lowest BCUT2D eigenvalue weighted by Crippen LogP contribution is -2.22. The maximum absolute atomic E-state index is 12.2. The Morgan fingerprint density at radius 3 is 3.00 bits per heavy atom. The van der Waals surface area contributed by atoms with Crippen LogP contribution in [0.5, 0.6) is 0 Å². The summed E-state index contributed by atoms with van der Waals surface area (Å²) < 4.78 is 23.8. The van der Waals surface area contributed by atoms with Crippen molar-refractivity contribution in [2.45, 2.75) is 39.0 Å².